The van der Waals surface area contributed by atoms with Crippen molar-refractivity contribution in [2.75, 3.05) is 5.32 Å². The van der Waals surface area contributed by atoms with Gasteiger partial charge in [0.1, 0.15) is 5.82 Å². The van der Waals surface area contributed by atoms with E-state index in [1.54, 1.807) is 6.07 Å². The molecule has 0 bridgehead atoms. The first-order valence-corrected chi connectivity index (χ1v) is 6.48. The highest BCUT2D eigenvalue weighted by Gasteiger charge is 2.08. The molecule has 0 amide bonds. The number of fused-ring (bicyclic) bond motifs is 1. The predicted molar refractivity (Wildman–Crippen MR) is 77.2 cm³/mol. The fraction of sp³-hybridized carbons (Fsp3) is 0.188. The van der Waals surface area contributed by atoms with Gasteiger partial charge in [-0.15, -0.1) is 0 Å². The molecular weight excluding hydrogens is 255 g/mol. The van der Waals surface area contributed by atoms with Crippen LogP contribution in [-0.4, -0.2) is 5.16 Å². The van der Waals surface area contributed by atoms with Crippen LogP contribution in [0, 0.1) is 19.7 Å². The Morgan fingerprint density at radius 2 is 1.85 bits per heavy atom. The molecule has 0 unspecified atom stereocenters. The molecule has 3 aromatic rings. The Morgan fingerprint density at radius 1 is 1.10 bits per heavy atom. The summed E-state index contributed by atoms with van der Waals surface area (Å²) in [6.07, 6.45) is 0. The summed E-state index contributed by atoms with van der Waals surface area (Å²) in [5.74, 6) is 0.314. The van der Waals surface area contributed by atoms with Crippen LogP contribution in [0.2, 0.25) is 0 Å². The first kappa shape index (κ1) is 12.7. The standard InChI is InChI=1S/C16H15FN2O/c1-10-5-11(2)7-12(6-10)9-18-16-14-4-3-13(17)8-15(14)20-19-16/h3-8H,9H2,1-2H3,(H,18,19). The minimum absolute atomic E-state index is 0.325. The summed E-state index contributed by atoms with van der Waals surface area (Å²) in [5, 5.41) is 7.96. The fourth-order valence-electron chi connectivity index (χ4n) is 2.40. The minimum Gasteiger partial charge on any atom is -0.363 e. The topological polar surface area (TPSA) is 38.1 Å². The number of nitrogens with one attached hydrogen (secondary N) is 1. The lowest BCUT2D eigenvalue weighted by Gasteiger charge is -2.06. The molecular formula is C16H15FN2O. The van der Waals surface area contributed by atoms with Crippen LogP contribution in [-0.2, 0) is 6.54 Å². The number of rotatable bonds is 3. The van der Waals surface area contributed by atoms with Gasteiger partial charge in [0.05, 0.1) is 5.39 Å². The molecule has 0 aliphatic carbocycles. The van der Waals surface area contributed by atoms with Crippen molar-refractivity contribution in [2.24, 2.45) is 0 Å². The van der Waals surface area contributed by atoms with Crippen molar-refractivity contribution < 1.29 is 8.91 Å². The van der Waals surface area contributed by atoms with Gasteiger partial charge in [0.2, 0.25) is 0 Å². The number of aromatic nitrogens is 1. The van der Waals surface area contributed by atoms with Crippen LogP contribution in [0.25, 0.3) is 11.0 Å². The highest BCUT2D eigenvalue weighted by molar-refractivity contribution is 5.87. The maximum atomic E-state index is 13.1. The zero-order chi connectivity index (χ0) is 14.1. The lowest BCUT2D eigenvalue weighted by atomic mass is 10.1. The van der Waals surface area contributed by atoms with E-state index < -0.39 is 0 Å². The molecule has 1 aromatic heterocycles. The van der Waals surface area contributed by atoms with Crippen LogP contribution in [0.5, 0.6) is 0 Å². The summed E-state index contributed by atoms with van der Waals surface area (Å²) < 4.78 is 18.2. The molecule has 0 fully saturated rings. The SMILES string of the molecule is Cc1cc(C)cc(CNc2noc3cc(F)ccc23)c1. The van der Waals surface area contributed by atoms with Gasteiger partial charge in [-0.1, -0.05) is 34.5 Å². The van der Waals surface area contributed by atoms with E-state index >= 15 is 0 Å². The van der Waals surface area contributed by atoms with Crippen LogP contribution in [0.1, 0.15) is 16.7 Å². The Kier molecular flexibility index (Phi) is 3.14. The average Bonchev–Trinajstić information content (AvgIpc) is 2.77. The molecule has 4 heteroatoms. The van der Waals surface area contributed by atoms with E-state index in [0.717, 1.165) is 5.39 Å². The molecule has 3 rings (SSSR count). The van der Waals surface area contributed by atoms with E-state index in [9.17, 15) is 4.39 Å². The van der Waals surface area contributed by atoms with E-state index in [1.807, 2.05) is 0 Å². The third-order valence-electron chi connectivity index (χ3n) is 3.18. The molecule has 0 atom stereocenters. The van der Waals surface area contributed by atoms with Crippen molar-refractivity contribution in [3.8, 4) is 0 Å². The largest absolute Gasteiger partial charge is 0.363 e. The molecule has 0 radical (unpaired) electrons. The second kappa shape index (κ2) is 4.96. The third kappa shape index (κ3) is 2.50. The Balaban J connectivity index is 1.83. The van der Waals surface area contributed by atoms with Gasteiger partial charge in [0, 0.05) is 12.6 Å². The van der Waals surface area contributed by atoms with Gasteiger partial charge in [-0.3, -0.25) is 0 Å². The molecule has 20 heavy (non-hydrogen) atoms. The number of anilines is 1. The molecule has 0 aliphatic heterocycles. The van der Waals surface area contributed by atoms with Crippen molar-refractivity contribution in [3.05, 3.63) is 58.9 Å². The quantitative estimate of drug-likeness (QED) is 0.775. The first-order valence-electron chi connectivity index (χ1n) is 6.48. The Bertz CT molecular complexity index is 744. The predicted octanol–water partition coefficient (Wildman–Crippen LogP) is 4.20. The molecule has 0 saturated carbocycles. The maximum absolute atomic E-state index is 13.1. The summed E-state index contributed by atoms with van der Waals surface area (Å²) in [6.45, 7) is 4.80. The van der Waals surface area contributed by atoms with Crippen LogP contribution in [0.15, 0.2) is 40.9 Å². The van der Waals surface area contributed by atoms with Gasteiger partial charge in [-0.2, -0.15) is 0 Å². The molecule has 1 N–H and O–H groups in total. The maximum Gasteiger partial charge on any atom is 0.177 e. The lowest BCUT2D eigenvalue weighted by molar-refractivity contribution is 0.457. The highest BCUT2D eigenvalue weighted by Crippen LogP contribution is 2.24. The van der Waals surface area contributed by atoms with Gasteiger partial charge in [0.15, 0.2) is 11.4 Å². The first-order chi connectivity index (χ1) is 9.61. The fourth-order valence-corrected chi connectivity index (χ4v) is 2.40. The van der Waals surface area contributed by atoms with Crippen LogP contribution >= 0.6 is 0 Å². The van der Waals surface area contributed by atoms with Crippen molar-refractivity contribution in [1.82, 2.24) is 5.16 Å². The molecule has 0 aliphatic rings. The monoisotopic (exact) mass is 270 g/mol. The molecule has 3 nitrogen and oxygen atoms in total. The summed E-state index contributed by atoms with van der Waals surface area (Å²) in [5.41, 5.74) is 4.09. The van der Waals surface area contributed by atoms with Gasteiger partial charge in [0.25, 0.3) is 0 Å². The molecule has 1 heterocycles. The molecule has 2 aromatic carbocycles. The number of hydrogen-bond acceptors (Lipinski definition) is 3. The number of halogens is 1. The number of nitrogens with zero attached hydrogens (tertiary/aromatic N) is 1. The van der Waals surface area contributed by atoms with E-state index in [2.05, 4.69) is 42.5 Å². The zero-order valence-corrected chi connectivity index (χ0v) is 11.4. The van der Waals surface area contributed by atoms with Crippen molar-refractivity contribution in [2.45, 2.75) is 20.4 Å². The van der Waals surface area contributed by atoms with Gasteiger partial charge < -0.3 is 9.84 Å². The molecule has 0 spiro atoms. The highest BCUT2D eigenvalue weighted by atomic mass is 19.1. The summed E-state index contributed by atoms with van der Waals surface area (Å²) in [4.78, 5) is 0. The Morgan fingerprint density at radius 3 is 2.60 bits per heavy atom. The van der Waals surface area contributed by atoms with Gasteiger partial charge in [-0.05, 0) is 31.5 Å². The average molecular weight is 270 g/mol. The van der Waals surface area contributed by atoms with Crippen molar-refractivity contribution in [1.29, 1.82) is 0 Å². The van der Waals surface area contributed by atoms with Crippen LogP contribution < -0.4 is 5.32 Å². The minimum atomic E-state index is -0.325. The number of aryl methyl sites for hydroxylation is 2. The zero-order valence-electron chi connectivity index (χ0n) is 11.4. The summed E-state index contributed by atoms with van der Waals surface area (Å²) in [7, 11) is 0. The Hall–Kier alpha value is -2.36. The normalized spacial score (nSPS) is 10.9. The van der Waals surface area contributed by atoms with E-state index in [-0.39, 0.29) is 5.82 Å². The van der Waals surface area contributed by atoms with Gasteiger partial charge >= 0.3 is 0 Å². The smallest absolute Gasteiger partial charge is 0.177 e. The van der Waals surface area contributed by atoms with Crippen LogP contribution in [0.3, 0.4) is 0 Å². The van der Waals surface area contributed by atoms with E-state index in [0.29, 0.717) is 17.9 Å². The van der Waals surface area contributed by atoms with E-state index in [1.165, 1.54) is 28.8 Å². The lowest BCUT2D eigenvalue weighted by Crippen LogP contribution is -2.00. The second-order valence-electron chi connectivity index (χ2n) is 5.02. The number of benzene rings is 2. The van der Waals surface area contributed by atoms with Gasteiger partial charge in [-0.25, -0.2) is 4.39 Å². The van der Waals surface area contributed by atoms with E-state index in [4.69, 9.17) is 4.52 Å². The summed E-state index contributed by atoms with van der Waals surface area (Å²) in [6, 6.07) is 10.8. The molecule has 102 valence electrons. The van der Waals surface area contributed by atoms with Crippen molar-refractivity contribution >= 4 is 16.8 Å². The molecule has 0 saturated heterocycles. The van der Waals surface area contributed by atoms with Crippen molar-refractivity contribution in [3.63, 3.8) is 0 Å². The Labute approximate surface area is 116 Å². The third-order valence-corrected chi connectivity index (χ3v) is 3.18. The number of hydrogen-bond donors (Lipinski definition) is 1. The summed E-state index contributed by atoms with van der Waals surface area (Å²) >= 11 is 0. The second-order valence-corrected chi connectivity index (χ2v) is 5.02. The van der Waals surface area contributed by atoms with Crippen LogP contribution in [0.4, 0.5) is 10.2 Å².